The number of hydrogen-bond donors (Lipinski definition) is 1. The average molecular weight is 269 g/mol. The van der Waals surface area contributed by atoms with E-state index in [2.05, 4.69) is 4.98 Å². The zero-order valence-electron chi connectivity index (χ0n) is 9.82. The van der Waals surface area contributed by atoms with E-state index >= 15 is 0 Å². The minimum Gasteiger partial charge on any atom is -0.370 e. The van der Waals surface area contributed by atoms with Gasteiger partial charge in [0.15, 0.2) is 0 Å². The lowest BCUT2D eigenvalue weighted by Crippen LogP contribution is -2.38. The van der Waals surface area contributed by atoms with Crippen molar-refractivity contribution in [1.82, 2.24) is 9.29 Å². The molecule has 1 atom stereocenters. The molecule has 1 aliphatic rings. The smallest absolute Gasteiger partial charge is 0.244 e. The minimum absolute atomic E-state index is 0.0689. The number of nitrogens with zero attached hydrogens (tertiary/aromatic N) is 2. The predicted molar refractivity (Wildman–Crippen MR) is 65.0 cm³/mol. The van der Waals surface area contributed by atoms with Crippen LogP contribution in [0.25, 0.3) is 0 Å². The number of nitrogens with two attached hydrogens (primary N) is 1. The van der Waals surface area contributed by atoms with Crippen LogP contribution in [0.1, 0.15) is 19.3 Å². The Kier molecular flexibility index (Phi) is 3.63. The summed E-state index contributed by atoms with van der Waals surface area (Å²) < 4.78 is 26.1. The van der Waals surface area contributed by atoms with E-state index in [1.54, 1.807) is 6.07 Å². The molecule has 1 aliphatic heterocycles. The number of sulfonamides is 1. The highest BCUT2D eigenvalue weighted by atomic mass is 32.2. The van der Waals surface area contributed by atoms with E-state index in [-0.39, 0.29) is 17.4 Å². The second kappa shape index (κ2) is 5.03. The zero-order chi connectivity index (χ0) is 13.2. The van der Waals surface area contributed by atoms with Gasteiger partial charge >= 0.3 is 0 Å². The highest BCUT2D eigenvalue weighted by Crippen LogP contribution is 2.27. The van der Waals surface area contributed by atoms with Crippen LogP contribution < -0.4 is 5.73 Å². The predicted octanol–water partition coefficient (Wildman–Crippen LogP) is 0.110. The molecule has 6 nitrogen and oxygen atoms in total. The molecule has 2 N–H and O–H groups in total. The molecule has 0 spiro atoms. The van der Waals surface area contributed by atoms with Crippen LogP contribution in [0.15, 0.2) is 29.4 Å². The van der Waals surface area contributed by atoms with Crippen LogP contribution in [0.3, 0.4) is 0 Å². The van der Waals surface area contributed by atoms with Crippen LogP contribution in [0.5, 0.6) is 0 Å². The highest BCUT2D eigenvalue weighted by Gasteiger charge is 2.35. The Morgan fingerprint density at radius 3 is 2.94 bits per heavy atom. The fourth-order valence-electron chi connectivity index (χ4n) is 2.20. The summed E-state index contributed by atoms with van der Waals surface area (Å²) in [4.78, 5) is 14.9. The molecule has 0 aliphatic carbocycles. The van der Waals surface area contributed by atoms with Crippen molar-refractivity contribution in [3.05, 3.63) is 24.5 Å². The third-order valence-corrected chi connectivity index (χ3v) is 4.94. The van der Waals surface area contributed by atoms with Crippen molar-refractivity contribution in [2.75, 3.05) is 6.54 Å². The summed E-state index contributed by atoms with van der Waals surface area (Å²) in [5.41, 5.74) is 5.14. The highest BCUT2D eigenvalue weighted by molar-refractivity contribution is 7.89. The molecule has 2 heterocycles. The molecule has 1 amide bonds. The van der Waals surface area contributed by atoms with Crippen molar-refractivity contribution in [3.8, 4) is 0 Å². The fourth-order valence-corrected chi connectivity index (χ4v) is 3.85. The van der Waals surface area contributed by atoms with E-state index in [1.165, 1.54) is 22.8 Å². The molecule has 1 unspecified atom stereocenters. The number of carbonyl (C=O) groups excluding carboxylic acids is 1. The number of amides is 1. The van der Waals surface area contributed by atoms with Crippen molar-refractivity contribution in [1.29, 1.82) is 0 Å². The monoisotopic (exact) mass is 269 g/mol. The van der Waals surface area contributed by atoms with E-state index in [9.17, 15) is 13.2 Å². The van der Waals surface area contributed by atoms with Gasteiger partial charge in [0.2, 0.25) is 15.9 Å². The molecular formula is C11H15N3O3S. The van der Waals surface area contributed by atoms with E-state index in [4.69, 9.17) is 5.73 Å². The van der Waals surface area contributed by atoms with Crippen LogP contribution in [0.2, 0.25) is 0 Å². The lowest BCUT2D eigenvalue weighted by molar-refractivity contribution is -0.118. The Labute approximate surface area is 106 Å². The van der Waals surface area contributed by atoms with Crippen LogP contribution in [-0.4, -0.2) is 36.2 Å². The molecule has 1 aromatic heterocycles. The molecule has 1 fully saturated rings. The first-order valence-electron chi connectivity index (χ1n) is 5.72. The summed E-state index contributed by atoms with van der Waals surface area (Å²) in [6, 6.07) is 2.75. The van der Waals surface area contributed by atoms with Gasteiger partial charge in [-0.3, -0.25) is 9.78 Å². The molecule has 7 heteroatoms. The lowest BCUT2D eigenvalue weighted by Gasteiger charge is -2.22. The third-order valence-electron chi connectivity index (χ3n) is 3.00. The van der Waals surface area contributed by atoms with Crippen molar-refractivity contribution >= 4 is 15.9 Å². The third kappa shape index (κ3) is 2.51. The average Bonchev–Trinajstić information content (AvgIpc) is 2.78. The lowest BCUT2D eigenvalue weighted by atomic mass is 10.1. The zero-order valence-corrected chi connectivity index (χ0v) is 10.6. The summed E-state index contributed by atoms with van der Waals surface area (Å²) in [6.45, 7) is 0.426. The van der Waals surface area contributed by atoms with Crippen molar-refractivity contribution in [2.24, 2.45) is 5.73 Å². The summed E-state index contributed by atoms with van der Waals surface area (Å²) in [7, 11) is -3.57. The Morgan fingerprint density at radius 1 is 1.56 bits per heavy atom. The first-order chi connectivity index (χ1) is 8.51. The van der Waals surface area contributed by atoms with E-state index in [0.29, 0.717) is 13.0 Å². The van der Waals surface area contributed by atoms with Crippen molar-refractivity contribution in [3.63, 3.8) is 0 Å². The fraction of sp³-hybridized carbons (Fsp3) is 0.455. The van der Waals surface area contributed by atoms with Gasteiger partial charge in [0, 0.05) is 31.4 Å². The van der Waals surface area contributed by atoms with Crippen LogP contribution in [0, 0.1) is 0 Å². The molecule has 98 valence electrons. The molecule has 0 aromatic carbocycles. The maximum absolute atomic E-state index is 12.4. The van der Waals surface area contributed by atoms with Gasteiger partial charge in [-0.2, -0.15) is 4.31 Å². The molecule has 0 bridgehead atoms. The van der Waals surface area contributed by atoms with Gasteiger partial charge in [-0.1, -0.05) is 0 Å². The minimum atomic E-state index is -3.57. The van der Waals surface area contributed by atoms with Gasteiger partial charge in [0.25, 0.3) is 0 Å². The van der Waals surface area contributed by atoms with Gasteiger partial charge in [-0.15, -0.1) is 0 Å². The molecule has 0 radical (unpaired) electrons. The van der Waals surface area contributed by atoms with Crippen LogP contribution in [0.4, 0.5) is 0 Å². The van der Waals surface area contributed by atoms with Gasteiger partial charge in [-0.05, 0) is 25.0 Å². The first-order valence-corrected chi connectivity index (χ1v) is 7.16. The largest absolute Gasteiger partial charge is 0.370 e. The summed E-state index contributed by atoms with van der Waals surface area (Å²) >= 11 is 0. The van der Waals surface area contributed by atoms with E-state index < -0.39 is 15.9 Å². The van der Waals surface area contributed by atoms with Gasteiger partial charge in [-0.25, -0.2) is 8.42 Å². The molecular weight excluding hydrogens is 254 g/mol. The Hall–Kier alpha value is -1.47. The number of hydrogen-bond acceptors (Lipinski definition) is 4. The molecule has 0 saturated carbocycles. The summed E-state index contributed by atoms with van der Waals surface area (Å²) in [6.07, 6.45) is 4.32. The van der Waals surface area contributed by atoms with Gasteiger partial charge in [0.05, 0.1) is 0 Å². The first kappa shape index (κ1) is 13.0. The Morgan fingerprint density at radius 2 is 2.33 bits per heavy atom. The molecule has 1 aromatic rings. The molecule has 18 heavy (non-hydrogen) atoms. The number of aromatic nitrogens is 1. The summed E-state index contributed by atoms with van der Waals surface area (Å²) in [5, 5.41) is 0. The quantitative estimate of drug-likeness (QED) is 0.839. The van der Waals surface area contributed by atoms with Crippen LogP contribution in [-0.2, 0) is 14.8 Å². The SMILES string of the molecule is NC(=O)CC1CCCN1S(=O)(=O)c1cccnc1. The second-order valence-electron chi connectivity index (χ2n) is 4.27. The maximum Gasteiger partial charge on any atom is 0.244 e. The number of pyridine rings is 1. The standard InChI is InChI=1S/C11H15N3O3S/c12-11(15)7-9-3-2-6-14(9)18(16,17)10-4-1-5-13-8-10/h1,4-5,8-9H,2-3,6-7H2,(H2,12,15). The maximum atomic E-state index is 12.4. The second-order valence-corrected chi connectivity index (χ2v) is 6.16. The molecule has 2 rings (SSSR count). The topological polar surface area (TPSA) is 93.4 Å². The van der Waals surface area contributed by atoms with Crippen LogP contribution >= 0.6 is 0 Å². The van der Waals surface area contributed by atoms with E-state index in [1.807, 2.05) is 0 Å². The van der Waals surface area contributed by atoms with Crippen molar-refractivity contribution in [2.45, 2.75) is 30.2 Å². The Balaban J connectivity index is 2.27. The number of carbonyl (C=O) groups is 1. The van der Waals surface area contributed by atoms with Gasteiger partial charge in [0.1, 0.15) is 4.90 Å². The number of primary amides is 1. The van der Waals surface area contributed by atoms with E-state index in [0.717, 1.165) is 6.42 Å². The summed E-state index contributed by atoms with van der Waals surface area (Å²) in [5.74, 6) is -0.478. The normalized spacial score (nSPS) is 21.0. The molecule has 1 saturated heterocycles. The number of rotatable bonds is 4. The van der Waals surface area contributed by atoms with Crippen molar-refractivity contribution < 1.29 is 13.2 Å². The Bertz CT molecular complexity index is 530. The van der Waals surface area contributed by atoms with Gasteiger partial charge < -0.3 is 5.73 Å².